The molecule has 1 rings (SSSR count). The first-order chi connectivity index (χ1) is 7.58. The Bertz CT molecular complexity index is 264. The molecule has 1 fully saturated rings. The van der Waals surface area contributed by atoms with Crippen molar-refractivity contribution in [2.45, 2.75) is 13.3 Å². The van der Waals surface area contributed by atoms with Crippen LogP contribution in [0.4, 0.5) is 4.79 Å². The maximum absolute atomic E-state index is 11.8. The summed E-state index contributed by atoms with van der Waals surface area (Å²) in [4.78, 5) is 25.4. The Kier molecular flexibility index (Phi) is 4.54. The van der Waals surface area contributed by atoms with Crippen molar-refractivity contribution in [2.24, 2.45) is 5.92 Å². The zero-order valence-electron chi connectivity index (χ0n) is 9.43. The predicted molar refractivity (Wildman–Crippen MR) is 57.0 cm³/mol. The second kappa shape index (κ2) is 5.69. The van der Waals surface area contributed by atoms with Gasteiger partial charge in [-0.25, -0.2) is 4.79 Å². The molecule has 92 valence electrons. The number of carboxylic acid groups (broad SMARTS) is 1. The van der Waals surface area contributed by atoms with E-state index >= 15 is 0 Å². The summed E-state index contributed by atoms with van der Waals surface area (Å²) in [6, 6.07) is -0.113. The molecule has 1 saturated heterocycles. The molecular formula is C10H18N2O4. The second-order valence-corrected chi connectivity index (χ2v) is 3.95. The Hall–Kier alpha value is -1.30. The maximum Gasteiger partial charge on any atom is 0.320 e. The molecule has 0 saturated carbocycles. The van der Waals surface area contributed by atoms with E-state index in [4.69, 9.17) is 10.2 Å². The Labute approximate surface area is 94.4 Å². The van der Waals surface area contributed by atoms with E-state index in [1.807, 2.05) is 6.92 Å². The molecule has 2 amide bonds. The summed E-state index contributed by atoms with van der Waals surface area (Å²) in [7, 11) is 0. The number of hydrogen-bond donors (Lipinski definition) is 2. The first kappa shape index (κ1) is 12.8. The first-order valence-electron chi connectivity index (χ1n) is 5.45. The van der Waals surface area contributed by atoms with Gasteiger partial charge < -0.3 is 20.0 Å². The average Bonchev–Trinajstić information content (AvgIpc) is 2.18. The van der Waals surface area contributed by atoms with Crippen molar-refractivity contribution < 1.29 is 19.8 Å². The number of urea groups is 1. The number of carbonyl (C=O) groups is 2. The number of rotatable bonds is 5. The molecule has 6 heteroatoms. The van der Waals surface area contributed by atoms with Crippen molar-refractivity contribution in [3.8, 4) is 0 Å². The Morgan fingerprint density at radius 1 is 1.44 bits per heavy atom. The number of aliphatic hydroxyl groups is 1. The summed E-state index contributed by atoms with van der Waals surface area (Å²) in [6.07, 6.45) is 0.121. The molecule has 1 aliphatic rings. The minimum Gasteiger partial charge on any atom is -0.481 e. The van der Waals surface area contributed by atoms with Gasteiger partial charge in [0.25, 0.3) is 0 Å². The van der Waals surface area contributed by atoms with Crippen LogP contribution in [-0.2, 0) is 4.79 Å². The third-order valence-electron chi connectivity index (χ3n) is 2.71. The average molecular weight is 230 g/mol. The lowest BCUT2D eigenvalue weighted by Gasteiger charge is -2.41. The number of amides is 2. The fraction of sp³-hybridized carbons (Fsp3) is 0.800. The molecule has 1 heterocycles. The molecule has 0 radical (unpaired) electrons. The number of likely N-dealkylation sites (N-methyl/N-ethyl adjacent to an activating group) is 1. The fourth-order valence-corrected chi connectivity index (χ4v) is 1.81. The molecule has 2 N–H and O–H groups in total. The summed E-state index contributed by atoms with van der Waals surface area (Å²) >= 11 is 0. The summed E-state index contributed by atoms with van der Waals surface area (Å²) < 4.78 is 0. The number of carbonyl (C=O) groups excluding carboxylic acids is 1. The van der Waals surface area contributed by atoms with Gasteiger partial charge in [0, 0.05) is 32.1 Å². The monoisotopic (exact) mass is 230 g/mol. The van der Waals surface area contributed by atoms with Gasteiger partial charge in [-0.3, -0.25) is 4.79 Å². The topological polar surface area (TPSA) is 81.1 Å². The SMILES string of the molecule is CCN(CCO)C(=O)N1CC(CC(=O)O)C1. The van der Waals surface area contributed by atoms with Crippen LogP contribution in [0.5, 0.6) is 0 Å². The van der Waals surface area contributed by atoms with Crippen LogP contribution in [-0.4, -0.2) is 64.8 Å². The highest BCUT2D eigenvalue weighted by Gasteiger charge is 2.33. The van der Waals surface area contributed by atoms with E-state index < -0.39 is 5.97 Å². The number of nitrogens with zero attached hydrogens (tertiary/aromatic N) is 2. The van der Waals surface area contributed by atoms with E-state index in [0.717, 1.165) is 0 Å². The van der Waals surface area contributed by atoms with E-state index in [-0.39, 0.29) is 25.0 Å². The maximum atomic E-state index is 11.8. The highest BCUT2D eigenvalue weighted by atomic mass is 16.4. The van der Waals surface area contributed by atoms with Crippen molar-refractivity contribution in [1.29, 1.82) is 0 Å². The lowest BCUT2D eigenvalue weighted by atomic mass is 9.97. The van der Waals surface area contributed by atoms with Gasteiger partial charge in [0.05, 0.1) is 13.0 Å². The smallest absolute Gasteiger partial charge is 0.320 e. The third-order valence-corrected chi connectivity index (χ3v) is 2.71. The van der Waals surface area contributed by atoms with E-state index in [1.54, 1.807) is 9.80 Å². The van der Waals surface area contributed by atoms with Crippen molar-refractivity contribution in [3.05, 3.63) is 0 Å². The van der Waals surface area contributed by atoms with E-state index in [9.17, 15) is 9.59 Å². The largest absolute Gasteiger partial charge is 0.481 e. The molecule has 0 spiro atoms. The Morgan fingerprint density at radius 3 is 2.50 bits per heavy atom. The lowest BCUT2D eigenvalue weighted by molar-refractivity contribution is -0.139. The summed E-state index contributed by atoms with van der Waals surface area (Å²) in [6.45, 7) is 3.70. The van der Waals surface area contributed by atoms with Crippen LogP contribution in [0.3, 0.4) is 0 Å². The van der Waals surface area contributed by atoms with E-state index in [2.05, 4.69) is 0 Å². The Balaban J connectivity index is 2.32. The number of aliphatic carboxylic acids is 1. The number of hydrogen-bond acceptors (Lipinski definition) is 3. The number of likely N-dealkylation sites (tertiary alicyclic amines) is 1. The molecule has 0 bridgehead atoms. The summed E-state index contributed by atoms with van der Waals surface area (Å²) in [5.74, 6) is -0.742. The van der Waals surface area contributed by atoms with Crippen LogP contribution >= 0.6 is 0 Å². The van der Waals surface area contributed by atoms with Crippen LogP contribution in [0.2, 0.25) is 0 Å². The van der Waals surface area contributed by atoms with Crippen molar-refractivity contribution >= 4 is 12.0 Å². The molecule has 6 nitrogen and oxygen atoms in total. The predicted octanol–water partition coefficient (Wildman–Crippen LogP) is -0.173. The molecule has 1 aliphatic heterocycles. The van der Waals surface area contributed by atoms with Crippen LogP contribution in [0.1, 0.15) is 13.3 Å². The molecule has 0 aliphatic carbocycles. The first-order valence-corrected chi connectivity index (χ1v) is 5.45. The molecule has 0 aromatic heterocycles. The molecule has 16 heavy (non-hydrogen) atoms. The van der Waals surface area contributed by atoms with Crippen molar-refractivity contribution in [1.82, 2.24) is 9.80 Å². The minimum atomic E-state index is -0.820. The van der Waals surface area contributed by atoms with Gasteiger partial charge in [0.15, 0.2) is 0 Å². The van der Waals surface area contributed by atoms with Gasteiger partial charge in [0.1, 0.15) is 0 Å². The summed E-state index contributed by atoms with van der Waals surface area (Å²) in [5.41, 5.74) is 0. The molecule has 0 aromatic rings. The lowest BCUT2D eigenvalue weighted by Crippen LogP contribution is -2.55. The fourth-order valence-electron chi connectivity index (χ4n) is 1.81. The normalized spacial score (nSPS) is 15.8. The summed E-state index contributed by atoms with van der Waals surface area (Å²) in [5, 5.41) is 17.3. The number of carboxylic acids is 1. The van der Waals surface area contributed by atoms with Gasteiger partial charge in [-0.15, -0.1) is 0 Å². The van der Waals surface area contributed by atoms with E-state index in [1.165, 1.54) is 0 Å². The highest BCUT2D eigenvalue weighted by molar-refractivity contribution is 5.76. The quantitative estimate of drug-likeness (QED) is 0.687. The minimum absolute atomic E-state index is 0.0496. The van der Waals surface area contributed by atoms with Crippen LogP contribution in [0, 0.1) is 5.92 Å². The van der Waals surface area contributed by atoms with E-state index in [0.29, 0.717) is 26.2 Å². The van der Waals surface area contributed by atoms with Gasteiger partial charge in [-0.2, -0.15) is 0 Å². The highest BCUT2D eigenvalue weighted by Crippen LogP contribution is 2.20. The zero-order valence-corrected chi connectivity index (χ0v) is 9.43. The van der Waals surface area contributed by atoms with Gasteiger partial charge >= 0.3 is 12.0 Å². The third kappa shape index (κ3) is 3.10. The number of aliphatic hydroxyl groups excluding tert-OH is 1. The van der Waals surface area contributed by atoms with Crippen LogP contribution in [0.25, 0.3) is 0 Å². The van der Waals surface area contributed by atoms with Crippen LogP contribution in [0.15, 0.2) is 0 Å². The molecule has 0 atom stereocenters. The molecule has 0 unspecified atom stereocenters. The molecular weight excluding hydrogens is 212 g/mol. The molecule has 0 aromatic carbocycles. The van der Waals surface area contributed by atoms with Crippen LogP contribution < -0.4 is 0 Å². The van der Waals surface area contributed by atoms with Gasteiger partial charge in [-0.1, -0.05) is 0 Å². The Morgan fingerprint density at radius 2 is 2.06 bits per heavy atom. The zero-order chi connectivity index (χ0) is 12.1. The second-order valence-electron chi connectivity index (χ2n) is 3.95. The van der Waals surface area contributed by atoms with Gasteiger partial charge in [-0.05, 0) is 6.92 Å². The van der Waals surface area contributed by atoms with Gasteiger partial charge in [0.2, 0.25) is 0 Å². The van der Waals surface area contributed by atoms with Crippen molar-refractivity contribution in [3.63, 3.8) is 0 Å². The standard InChI is InChI=1S/C10H18N2O4/c1-2-11(3-4-13)10(16)12-6-8(7-12)5-9(14)15/h8,13H,2-7H2,1H3,(H,14,15). The van der Waals surface area contributed by atoms with Crippen molar-refractivity contribution in [2.75, 3.05) is 32.8 Å².